The molecule has 1 N–H and O–H groups in total. The van der Waals surface area contributed by atoms with Gasteiger partial charge in [0.1, 0.15) is 5.69 Å². The fourth-order valence-electron chi connectivity index (χ4n) is 4.46. The molecule has 0 radical (unpaired) electrons. The molecule has 176 valence electrons. The third-order valence-electron chi connectivity index (χ3n) is 6.22. The number of nitrogens with one attached hydrogen (secondary N) is 1. The topological polar surface area (TPSA) is 67.4 Å². The number of ketones is 1. The maximum Gasteiger partial charge on any atom is 0.177 e. The average molecular weight is 469 g/mol. The molecule has 7 heteroatoms. The average Bonchev–Trinajstić information content (AvgIpc) is 2.86. The van der Waals surface area contributed by atoms with Crippen LogP contribution >= 0.6 is 0 Å². The van der Waals surface area contributed by atoms with Gasteiger partial charge in [-0.1, -0.05) is 37.8 Å². The number of halogens is 1. The largest absolute Gasteiger partial charge is 0.451 e. The maximum atomic E-state index is 15.6. The van der Waals surface area contributed by atoms with Gasteiger partial charge in [-0.05, 0) is 40.6 Å². The fraction of sp³-hybridized carbons (Fsp3) is 0.179. The van der Waals surface area contributed by atoms with Crippen molar-refractivity contribution in [2.75, 3.05) is 23.8 Å². The Hall–Kier alpha value is -4.26. The Balaban J connectivity index is 1.58. The van der Waals surface area contributed by atoms with Gasteiger partial charge in [0.2, 0.25) is 0 Å². The zero-order valence-corrected chi connectivity index (χ0v) is 19.6. The van der Waals surface area contributed by atoms with Crippen molar-refractivity contribution in [2.24, 2.45) is 0 Å². The van der Waals surface area contributed by atoms with Gasteiger partial charge in [0.05, 0.1) is 17.1 Å². The summed E-state index contributed by atoms with van der Waals surface area (Å²) in [6, 6.07) is 13.3. The number of hydrogen-bond acceptors (Lipinski definition) is 6. The van der Waals surface area contributed by atoms with Crippen LogP contribution in [0, 0.1) is 5.82 Å². The summed E-state index contributed by atoms with van der Waals surface area (Å²) in [5, 5.41) is 5.47. The molecule has 0 spiro atoms. The first-order valence-corrected chi connectivity index (χ1v) is 11.4. The second-order valence-corrected chi connectivity index (χ2v) is 8.75. The molecule has 35 heavy (non-hydrogen) atoms. The number of nitrogens with zero attached hydrogens (tertiary/aromatic N) is 3. The van der Waals surface area contributed by atoms with E-state index >= 15 is 4.39 Å². The predicted octanol–water partition coefficient (Wildman–Crippen LogP) is 6.16. The molecule has 1 atom stereocenters. The van der Waals surface area contributed by atoms with Crippen LogP contribution in [-0.2, 0) is 11.2 Å². The molecule has 0 aliphatic carbocycles. The second kappa shape index (κ2) is 9.18. The molecule has 0 bridgehead atoms. The molecule has 5 rings (SSSR count). The van der Waals surface area contributed by atoms with Crippen LogP contribution in [0.25, 0.3) is 10.8 Å². The third-order valence-corrected chi connectivity index (χ3v) is 6.22. The molecule has 0 saturated carbocycles. The van der Waals surface area contributed by atoms with Crippen LogP contribution in [0.1, 0.15) is 24.1 Å². The summed E-state index contributed by atoms with van der Waals surface area (Å²) in [4.78, 5) is 22.5. The molecule has 6 nitrogen and oxygen atoms in total. The number of carbonyl (C=O) groups is 1. The smallest absolute Gasteiger partial charge is 0.177 e. The number of ether oxygens (including phenoxy) is 1. The molecule has 1 aliphatic rings. The highest BCUT2D eigenvalue weighted by Crippen LogP contribution is 2.51. The lowest BCUT2D eigenvalue weighted by Gasteiger charge is -2.31. The molecular weight excluding hydrogens is 443 g/mol. The van der Waals surface area contributed by atoms with E-state index in [2.05, 4.69) is 21.9 Å². The minimum absolute atomic E-state index is 0.00134. The number of rotatable bonds is 7. The van der Waals surface area contributed by atoms with Crippen molar-refractivity contribution < 1.29 is 13.9 Å². The van der Waals surface area contributed by atoms with Gasteiger partial charge in [-0.25, -0.2) is 4.39 Å². The molecule has 0 saturated heterocycles. The van der Waals surface area contributed by atoms with E-state index in [9.17, 15) is 4.79 Å². The van der Waals surface area contributed by atoms with Gasteiger partial charge in [-0.3, -0.25) is 14.8 Å². The molecule has 3 aromatic carbocycles. The van der Waals surface area contributed by atoms with E-state index in [-0.39, 0.29) is 18.1 Å². The molecule has 1 aliphatic heterocycles. The number of hydrogen-bond donors (Lipinski definition) is 1. The van der Waals surface area contributed by atoms with Crippen LogP contribution in [0.4, 0.5) is 21.5 Å². The highest BCUT2D eigenvalue weighted by molar-refractivity contribution is 5.96. The van der Waals surface area contributed by atoms with Crippen LogP contribution in [0.15, 0.2) is 73.7 Å². The highest BCUT2D eigenvalue weighted by Gasteiger charge is 2.29. The molecule has 1 aromatic heterocycles. The second-order valence-electron chi connectivity index (χ2n) is 8.75. The molecule has 2 heterocycles. The predicted molar refractivity (Wildman–Crippen MR) is 136 cm³/mol. The van der Waals surface area contributed by atoms with Crippen molar-refractivity contribution in [1.29, 1.82) is 0 Å². The van der Waals surface area contributed by atoms with Crippen LogP contribution in [0.2, 0.25) is 0 Å². The van der Waals surface area contributed by atoms with Crippen molar-refractivity contribution in [3.63, 3.8) is 0 Å². The number of anilines is 3. The fourth-order valence-corrected chi connectivity index (χ4v) is 4.46. The SMILES string of the molecule is C=CC(=O)Cc1cc(F)c(N(C)CC(C)c2cnccn2)c2c1Nc1cc3ccccc3cc1O2. The van der Waals surface area contributed by atoms with Gasteiger partial charge in [-0.2, -0.15) is 0 Å². The molecular formula is C28H25FN4O2. The summed E-state index contributed by atoms with van der Waals surface area (Å²) >= 11 is 0. The van der Waals surface area contributed by atoms with Gasteiger partial charge in [0.15, 0.2) is 23.1 Å². The van der Waals surface area contributed by atoms with Gasteiger partial charge >= 0.3 is 0 Å². The normalized spacial score (nSPS) is 12.7. The summed E-state index contributed by atoms with van der Waals surface area (Å²) in [6.45, 7) is 6.06. The maximum absolute atomic E-state index is 15.6. The van der Waals surface area contributed by atoms with E-state index in [1.54, 1.807) is 18.6 Å². The Morgan fingerprint density at radius 3 is 2.71 bits per heavy atom. The first kappa shape index (κ1) is 22.5. The van der Waals surface area contributed by atoms with E-state index in [0.29, 0.717) is 35.0 Å². The van der Waals surface area contributed by atoms with Crippen molar-refractivity contribution in [2.45, 2.75) is 19.3 Å². The number of likely N-dealkylation sites (N-methyl/N-ethyl adjacent to an activating group) is 1. The quantitative estimate of drug-likeness (QED) is 0.289. The monoisotopic (exact) mass is 468 g/mol. The number of benzene rings is 3. The van der Waals surface area contributed by atoms with Crippen molar-refractivity contribution in [3.05, 3.63) is 90.8 Å². The standard InChI is InChI=1S/C28H25FN4O2/c1-4-21(34)11-20-12-22(29)27(33(3)16-17(2)24-15-30-9-10-31-24)28-26(20)32-23-13-18-7-5-6-8-19(18)14-25(23)35-28/h4-10,12-15,17,32H,1,11,16H2,2-3H3. The molecule has 4 aromatic rings. The summed E-state index contributed by atoms with van der Waals surface area (Å²) < 4.78 is 22.0. The van der Waals surface area contributed by atoms with Gasteiger partial charge in [0.25, 0.3) is 0 Å². The number of allylic oxidation sites excluding steroid dienone is 1. The van der Waals surface area contributed by atoms with Crippen molar-refractivity contribution in [1.82, 2.24) is 9.97 Å². The lowest BCUT2D eigenvalue weighted by atomic mass is 10.0. The zero-order valence-electron chi connectivity index (χ0n) is 19.6. The molecule has 0 amide bonds. The summed E-state index contributed by atoms with van der Waals surface area (Å²) in [5.41, 5.74) is 2.99. The Bertz CT molecular complexity index is 1440. The van der Waals surface area contributed by atoms with E-state index in [1.165, 1.54) is 12.1 Å². The van der Waals surface area contributed by atoms with Crippen molar-refractivity contribution in [3.8, 4) is 11.5 Å². The van der Waals surface area contributed by atoms with E-state index in [4.69, 9.17) is 4.74 Å². The Morgan fingerprint density at radius 2 is 2.00 bits per heavy atom. The Morgan fingerprint density at radius 1 is 1.23 bits per heavy atom. The summed E-state index contributed by atoms with van der Waals surface area (Å²) in [6.07, 6.45) is 6.25. The summed E-state index contributed by atoms with van der Waals surface area (Å²) in [5.74, 6) is 0.289. The molecule has 0 fully saturated rings. The Labute approximate surface area is 203 Å². The third kappa shape index (κ3) is 4.33. The first-order chi connectivity index (χ1) is 16.9. The van der Waals surface area contributed by atoms with Crippen LogP contribution in [0.5, 0.6) is 11.5 Å². The highest BCUT2D eigenvalue weighted by atomic mass is 19.1. The first-order valence-electron chi connectivity index (χ1n) is 11.4. The number of fused-ring (bicyclic) bond motifs is 3. The lowest BCUT2D eigenvalue weighted by molar-refractivity contribution is -0.114. The molecule has 1 unspecified atom stereocenters. The van der Waals surface area contributed by atoms with Gasteiger partial charge in [-0.15, -0.1) is 0 Å². The number of carbonyl (C=O) groups excluding carboxylic acids is 1. The lowest BCUT2D eigenvalue weighted by Crippen LogP contribution is -2.26. The minimum Gasteiger partial charge on any atom is -0.451 e. The minimum atomic E-state index is -0.463. The number of aromatic nitrogens is 2. The van der Waals surface area contributed by atoms with E-state index < -0.39 is 5.82 Å². The summed E-state index contributed by atoms with van der Waals surface area (Å²) in [7, 11) is 1.82. The van der Waals surface area contributed by atoms with Crippen LogP contribution in [0.3, 0.4) is 0 Å². The zero-order chi connectivity index (χ0) is 24.5. The van der Waals surface area contributed by atoms with E-state index in [0.717, 1.165) is 22.2 Å². The van der Waals surface area contributed by atoms with Crippen LogP contribution < -0.4 is 15.0 Å². The van der Waals surface area contributed by atoms with Crippen LogP contribution in [-0.4, -0.2) is 29.3 Å². The van der Waals surface area contributed by atoms with Gasteiger partial charge in [0, 0.05) is 44.5 Å². The van der Waals surface area contributed by atoms with Crippen molar-refractivity contribution >= 4 is 33.6 Å². The van der Waals surface area contributed by atoms with E-state index in [1.807, 2.05) is 55.3 Å². The van der Waals surface area contributed by atoms with Gasteiger partial charge < -0.3 is 15.0 Å². The Kier molecular flexibility index (Phi) is 5.91.